The van der Waals surface area contributed by atoms with Gasteiger partial charge in [0, 0.05) is 12.0 Å². The van der Waals surface area contributed by atoms with Crippen molar-refractivity contribution in [2.45, 2.75) is 38.0 Å². The van der Waals surface area contributed by atoms with E-state index < -0.39 is 0 Å². The Morgan fingerprint density at radius 3 is 2.89 bits per heavy atom. The molecule has 0 bridgehead atoms. The van der Waals surface area contributed by atoms with E-state index in [1.807, 2.05) is 11.4 Å². The number of rotatable bonds is 3. The molecule has 2 aromatic heterocycles. The van der Waals surface area contributed by atoms with E-state index in [1.54, 1.807) is 11.3 Å². The van der Waals surface area contributed by atoms with Gasteiger partial charge in [0.2, 0.25) is 0 Å². The number of nitrogens with zero attached hydrogens (tertiary/aromatic N) is 2. The molecule has 3 rings (SSSR count). The summed E-state index contributed by atoms with van der Waals surface area (Å²) < 4.78 is 0. The van der Waals surface area contributed by atoms with E-state index in [-0.39, 0.29) is 5.41 Å². The highest BCUT2D eigenvalue weighted by Crippen LogP contribution is 2.39. The Kier molecular flexibility index (Phi) is 3.41. The predicted octanol–water partition coefficient (Wildman–Crippen LogP) is 2.94. The van der Waals surface area contributed by atoms with Crippen LogP contribution in [0.4, 0.5) is 0 Å². The molecule has 5 heteroatoms. The normalized spacial score (nSPS) is 27.6. The van der Waals surface area contributed by atoms with Gasteiger partial charge in [-0.15, -0.1) is 11.3 Å². The Balaban J connectivity index is 1.88. The molecule has 0 spiro atoms. The predicted molar refractivity (Wildman–Crippen MR) is 78.1 cm³/mol. The molecule has 19 heavy (non-hydrogen) atoms. The highest BCUT2D eigenvalue weighted by Gasteiger charge is 2.37. The summed E-state index contributed by atoms with van der Waals surface area (Å²) in [4.78, 5) is 5.82. The van der Waals surface area contributed by atoms with Crippen molar-refractivity contribution in [3.05, 3.63) is 23.3 Å². The maximum Gasteiger partial charge on any atom is 0.191 e. The fourth-order valence-corrected chi connectivity index (χ4v) is 3.52. The number of aromatic nitrogens is 3. The number of hydrogen-bond donors (Lipinski definition) is 2. The highest BCUT2D eigenvalue weighted by molar-refractivity contribution is 7.13. The third kappa shape index (κ3) is 2.32. The molecule has 0 radical (unpaired) electrons. The Labute approximate surface area is 117 Å². The number of nitrogens with two attached hydrogens (primary N) is 1. The highest BCUT2D eigenvalue weighted by atomic mass is 32.1. The lowest BCUT2D eigenvalue weighted by atomic mass is 9.70. The van der Waals surface area contributed by atoms with Gasteiger partial charge in [0.15, 0.2) is 5.82 Å². The van der Waals surface area contributed by atoms with Gasteiger partial charge in [0.05, 0.1) is 4.88 Å². The second-order valence-electron chi connectivity index (χ2n) is 5.65. The Hall–Kier alpha value is -1.20. The van der Waals surface area contributed by atoms with Gasteiger partial charge in [-0.25, -0.2) is 4.98 Å². The van der Waals surface area contributed by atoms with Gasteiger partial charge < -0.3 is 5.73 Å². The summed E-state index contributed by atoms with van der Waals surface area (Å²) in [5.41, 5.74) is 6.07. The van der Waals surface area contributed by atoms with E-state index in [0.29, 0.717) is 6.54 Å². The number of hydrogen-bond acceptors (Lipinski definition) is 4. The zero-order valence-electron chi connectivity index (χ0n) is 11.2. The number of aromatic amines is 1. The van der Waals surface area contributed by atoms with Crippen LogP contribution in [0.25, 0.3) is 10.7 Å². The second kappa shape index (κ2) is 5.06. The third-order valence-corrected chi connectivity index (χ3v) is 5.22. The van der Waals surface area contributed by atoms with E-state index in [4.69, 9.17) is 10.7 Å². The molecule has 0 aliphatic heterocycles. The van der Waals surface area contributed by atoms with Crippen molar-refractivity contribution < 1.29 is 0 Å². The molecule has 0 unspecified atom stereocenters. The topological polar surface area (TPSA) is 67.6 Å². The van der Waals surface area contributed by atoms with Crippen LogP contribution in [0.3, 0.4) is 0 Å². The molecule has 2 heterocycles. The van der Waals surface area contributed by atoms with E-state index >= 15 is 0 Å². The maximum absolute atomic E-state index is 6.06. The zero-order valence-corrected chi connectivity index (χ0v) is 12.0. The quantitative estimate of drug-likeness (QED) is 0.905. The summed E-state index contributed by atoms with van der Waals surface area (Å²) in [6, 6.07) is 4.08. The standard InChI is InChI=1S/C14H20N4S/c1-10-4-6-14(9-15,7-5-10)13-16-12(17-18-13)11-3-2-8-19-11/h2-3,8,10H,4-7,9,15H2,1H3,(H,16,17,18). The molecule has 0 atom stereocenters. The Morgan fingerprint density at radius 1 is 1.47 bits per heavy atom. The largest absolute Gasteiger partial charge is 0.329 e. The minimum Gasteiger partial charge on any atom is -0.329 e. The van der Waals surface area contributed by atoms with Crippen molar-refractivity contribution in [3.63, 3.8) is 0 Å². The summed E-state index contributed by atoms with van der Waals surface area (Å²) in [6.07, 6.45) is 4.69. The first-order chi connectivity index (χ1) is 9.23. The van der Waals surface area contributed by atoms with Crippen LogP contribution in [0.5, 0.6) is 0 Å². The monoisotopic (exact) mass is 276 g/mol. The molecule has 2 aromatic rings. The van der Waals surface area contributed by atoms with Gasteiger partial charge in [0.25, 0.3) is 0 Å². The van der Waals surface area contributed by atoms with Crippen LogP contribution in [0.2, 0.25) is 0 Å². The molecule has 3 N–H and O–H groups in total. The molecule has 102 valence electrons. The average Bonchev–Trinajstić information content (AvgIpc) is 3.11. The van der Waals surface area contributed by atoms with E-state index in [1.165, 1.54) is 12.8 Å². The molecule has 4 nitrogen and oxygen atoms in total. The zero-order chi connectivity index (χ0) is 13.3. The van der Waals surface area contributed by atoms with Crippen molar-refractivity contribution in [2.24, 2.45) is 11.7 Å². The van der Waals surface area contributed by atoms with Crippen molar-refractivity contribution >= 4 is 11.3 Å². The fourth-order valence-electron chi connectivity index (χ4n) is 2.87. The van der Waals surface area contributed by atoms with Crippen molar-refractivity contribution in [3.8, 4) is 10.7 Å². The van der Waals surface area contributed by atoms with Crippen LogP contribution in [-0.2, 0) is 5.41 Å². The van der Waals surface area contributed by atoms with Crippen LogP contribution >= 0.6 is 11.3 Å². The van der Waals surface area contributed by atoms with Crippen LogP contribution in [-0.4, -0.2) is 21.7 Å². The lowest BCUT2D eigenvalue weighted by molar-refractivity contribution is 0.237. The first-order valence-electron chi connectivity index (χ1n) is 6.90. The molecule has 1 fully saturated rings. The molecule has 1 aliphatic rings. The number of nitrogens with one attached hydrogen (secondary N) is 1. The van der Waals surface area contributed by atoms with E-state index in [2.05, 4.69) is 23.2 Å². The molecule has 0 amide bonds. The van der Waals surface area contributed by atoms with Crippen LogP contribution in [0.1, 0.15) is 38.4 Å². The lowest BCUT2D eigenvalue weighted by Crippen LogP contribution is -2.39. The van der Waals surface area contributed by atoms with Crippen molar-refractivity contribution in [2.75, 3.05) is 6.54 Å². The molecule has 0 saturated heterocycles. The lowest BCUT2D eigenvalue weighted by Gasteiger charge is -2.36. The molecular formula is C14H20N4S. The molecular weight excluding hydrogens is 256 g/mol. The Morgan fingerprint density at radius 2 is 2.26 bits per heavy atom. The fraction of sp³-hybridized carbons (Fsp3) is 0.571. The summed E-state index contributed by atoms with van der Waals surface area (Å²) in [7, 11) is 0. The summed E-state index contributed by atoms with van der Waals surface area (Å²) in [6.45, 7) is 2.97. The Bertz CT molecular complexity index is 523. The summed E-state index contributed by atoms with van der Waals surface area (Å²) in [5.74, 6) is 2.58. The number of thiophene rings is 1. The van der Waals surface area contributed by atoms with Gasteiger partial charge in [-0.3, -0.25) is 5.10 Å². The van der Waals surface area contributed by atoms with E-state index in [9.17, 15) is 0 Å². The minimum atomic E-state index is 0.00895. The van der Waals surface area contributed by atoms with Gasteiger partial charge >= 0.3 is 0 Å². The second-order valence-corrected chi connectivity index (χ2v) is 6.60. The number of H-pyrrole nitrogens is 1. The van der Waals surface area contributed by atoms with Gasteiger partial charge in [-0.05, 0) is 43.0 Å². The molecule has 1 saturated carbocycles. The van der Waals surface area contributed by atoms with Crippen LogP contribution in [0, 0.1) is 5.92 Å². The van der Waals surface area contributed by atoms with E-state index in [0.717, 1.165) is 35.3 Å². The van der Waals surface area contributed by atoms with Gasteiger partial charge in [0.1, 0.15) is 5.82 Å². The van der Waals surface area contributed by atoms with Crippen LogP contribution in [0.15, 0.2) is 17.5 Å². The summed E-state index contributed by atoms with van der Waals surface area (Å²) >= 11 is 1.67. The van der Waals surface area contributed by atoms with Crippen molar-refractivity contribution in [1.29, 1.82) is 0 Å². The first-order valence-corrected chi connectivity index (χ1v) is 7.78. The van der Waals surface area contributed by atoms with Gasteiger partial charge in [-0.1, -0.05) is 13.0 Å². The summed E-state index contributed by atoms with van der Waals surface area (Å²) in [5, 5.41) is 9.55. The van der Waals surface area contributed by atoms with Crippen LogP contribution < -0.4 is 5.73 Å². The van der Waals surface area contributed by atoms with Crippen molar-refractivity contribution in [1.82, 2.24) is 15.2 Å². The maximum atomic E-state index is 6.06. The molecule has 0 aromatic carbocycles. The van der Waals surface area contributed by atoms with Gasteiger partial charge in [-0.2, -0.15) is 5.10 Å². The SMILES string of the molecule is CC1CCC(CN)(c2nc(-c3cccs3)n[nH]2)CC1. The first kappa shape index (κ1) is 12.8. The minimum absolute atomic E-state index is 0.00895. The third-order valence-electron chi connectivity index (χ3n) is 4.35. The molecule has 1 aliphatic carbocycles. The average molecular weight is 276 g/mol. The smallest absolute Gasteiger partial charge is 0.191 e.